The molecule has 0 spiro atoms. The van der Waals surface area contributed by atoms with Gasteiger partial charge in [-0.3, -0.25) is 0 Å². The first-order valence-electron chi connectivity index (χ1n) is 6.49. The summed E-state index contributed by atoms with van der Waals surface area (Å²) in [6.07, 6.45) is 2.99. The minimum Gasteiger partial charge on any atom is -0.385 e. The van der Waals surface area contributed by atoms with E-state index in [1.54, 1.807) is 4.31 Å². The molecule has 0 bridgehead atoms. The Hall–Kier alpha value is -1.07. The Morgan fingerprint density at radius 3 is 2.94 bits per heavy atom. The fourth-order valence-corrected chi connectivity index (χ4v) is 4.27. The van der Waals surface area contributed by atoms with Gasteiger partial charge in [0.25, 0.3) is 0 Å². The zero-order chi connectivity index (χ0) is 12.6. The van der Waals surface area contributed by atoms with Crippen molar-refractivity contribution in [2.24, 2.45) is 0 Å². The van der Waals surface area contributed by atoms with Crippen LogP contribution in [0.25, 0.3) is 0 Å². The van der Waals surface area contributed by atoms with Crippen molar-refractivity contribution >= 4 is 15.7 Å². The van der Waals surface area contributed by atoms with E-state index < -0.39 is 10.0 Å². The summed E-state index contributed by atoms with van der Waals surface area (Å²) in [4.78, 5) is 0. The number of rotatable bonds is 2. The Balaban J connectivity index is 1.89. The smallest absolute Gasteiger partial charge is 0.214 e. The molecule has 2 aliphatic heterocycles. The average Bonchev–Trinajstić information content (AvgIpc) is 2.69. The van der Waals surface area contributed by atoms with E-state index in [0.717, 1.165) is 37.1 Å². The summed E-state index contributed by atoms with van der Waals surface area (Å²) >= 11 is 0. The Bertz CT molecular complexity index is 554. The van der Waals surface area contributed by atoms with Crippen LogP contribution in [0.2, 0.25) is 0 Å². The fourth-order valence-electron chi connectivity index (χ4n) is 2.77. The second-order valence-electron chi connectivity index (χ2n) is 4.98. The molecule has 5 heteroatoms. The van der Waals surface area contributed by atoms with Gasteiger partial charge in [0.15, 0.2) is 0 Å². The van der Waals surface area contributed by atoms with Gasteiger partial charge in [0.05, 0.1) is 5.75 Å². The molecule has 1 aromatic carbocycles. The number of benzene rings is 1. The summed E-state index contributed by atoms with van der Waals surface area (Å²) in [6.45, 7) is 2.15. The number of sulfonamides is 1. The van der Waals surface area contributed by atoms with E-state index in [4.69, 9.17) is 0 Å². The minimum atomic E-state index is -3.01. The number of nitrogens with zero attached hydrogens (tertiary/aromatic N) is 1. The molecule has 3 rings (SSSR count). The lowest BCUT2D eigenvalue weighted by molar-refractivity contribution is 0.440. The molecule has 2 aliphatic rings. The second kappa shape index (κ2) is 4.55. The molecule has 0 amide bonds. The first-order valence-corrected chi connectivity index (χ1v) is 8.10. The van der Waals surface area contributed by atoms with Crippen LogP contribution in [0.1, 0.15) is 24.0 Å². The summed E-state index contributed by atoms with van der Waals surface area (Å²) < 4.78 is 25.3. The number of para-hydroxylation sites is 1. The summed E-state index contributed by atoms with van der Waals surface area (Å²) in [5.41, 5.74) is 3.58. The molecule has 0 radical (unpaired) electrons. The highest BCUT2D eigenvalue weighted by molar-refractivity contribution is 7.89. The molecule has 1 aromatic rings. The van der Waals surface area contributed by atoms with Crippen molar-refractivity contribution < 1.29 is 8.42 Å². The van der Waals surface area contributed by atoms with Crippen molar-refractivity contribution in [3.05, 3.63) is 29.3 Å². The van der Waals surface area contributed by atoms with Crippen molar-refractivity contribution in [3.63, 3.8) is 0 Å². The number of nitrogens with one attached hydrogen (secondary N) is 1. The molecular weight excluding hydrogens is 248 g/mol. The van der Waals surface area contributed by atoms with E-state index in [1.165, 1.54) is 5.56 Å². The Kier molecular flexibility index (Phi) is 3.03. The molecule has 18 heavy (non-hydrogen) atoms. The van der Waals surface area contributed by atoms with Gasteiger partial charge in [-0.1, -0.05) is 18.2 Å². The third-order valence-corrected chi connectivity index (χ3v) is 5.61. The van der Waals surface area contributed by atoms with Crippen LogP contribution in [0.3, 0.4) is 0 Å². The maximum Gasteiger partial charge on any atom is 0.214 e. The van der Waals surface area contributed by atoms with Crippen LogP contribution in [0.15, 0.2) is 18.2 Å². The lowest BCUT2D eigenvalue weighted by Crippen LogP contribution is -2.26. The highest BCUT2D eigenvalue weighted by Gasteiger charge is 2.29. The lowest BCUT2D eigenvalue weighted by Gasteiger charge is -2.23. The second-order valence-corrected chi connectivity index (χ2v) is 7.07. The molecule has 1 fully saturated rings. The highest BCUT2D eigenvalue weighted by Crippen LogP contribution is 2.28. The van der Waals surface area contributed by atoms with Crippen molar-refractivity contribution in [2.75, 3.05) is 24.2 Å². The number of hydrogen-bond acceptors (Lipinski definition) is 3. The summed E-state index contributed by atoms with van der Waals surface area (Å²) in [5.74, 6) is 0.301. The van der Waals surface area contributed by atoms with Crippen molar-refractivity contribution in [3.8, 4) is 0 Å². The number of hydrogen-bond donors (Lipinski definition) is 1. The molecule has 0 saturated carbocycles. The largest absolute Gasteiger partial charge is 0.385 e. The SMILES string of the molecule is O=S1(=O)CCCN1Cc1cccc2c1NCCC2. The van der Waals surface area contributed by atoms with Crippen molar-refractivity contribution in [1.82, 2.24) is 4.31 Å². The monoisotopic (exact) mass is 266 g/mol. The predicted octanol–water partition coefficient (Wildman–Crippen LogP) is 1.58. The third kappa shape index (κ3) is 2.12. The lowest BCUT2D eigenvalue weighted by atomic mass is 9.99. The van der Waals surface area contributed by atoms with Gasteiger partial charge >= 0.3 is 0 Å². The molecule has 4 nitrogen and oxygen atoms in total. The first-order chi connectivity index (χ1) is 8.67. The van der Waals surface area contributed by atoms with Gasteiger partial charge in [0.2, 0.25) is 10.0 Å². The molecule has 0 atom stereocenters. The number of fused-ring (bicyclic) bond motifs is 1. The summed E-state index contributed by atoms with van der Waals surface area (Å²) in [6, 6.07) is 6.19. The zero-order valence-electron chi connectivity index (χ0n) is 10.4. The maximum absolute atomic E-state index is 11.8. The van der Waals surface area contributed by atoms with E-state index in [2.05, 4.69) is 11.4 Å². The Labute approximate surface area is 108 Å². The minimum absolute atomic E-state index is 0.301. The van der Waals surface area contributed by atoms with E-state index in [0.29, 0.717) is 18.8 Å². The van der Waals surface area contributed by atoms with Gasteiger partial charge in [-0.05, 0) is 30.4 Å². The van der Waals surface area contributed by atoms with Crippen molar-refractivity contribution in [2.45, 2.75) is 25.8 Å². The molecule has 0 aliphatic carbocycles. The normalized spacial score (nSPS) is 22.4. The van der Waals surface area contributed by atoms with E-state index in [1.807, 2.05) is 12.1 Å². The average molecular weight is 266 g/mol. The topological polar surface area (TPSA) is 49.4 Å². The summed E-state index contributed by atoms with van der Waals surface area (Å²) in [5, 5.41) is 3.41. The standard InChI is InChI=1S/C13H18N2O2S/c16-18(17)9-3-8-15(18)10-12-5-1-4-11-6-2-7-14-13(11)12/h1,4-5,14H,2-3,6-10H2. The van der Waals surface area contributed by atoms with Crippen LogP contribution in [0.4, 0.5) is 5.69 Å². The maximum atomic E-state index is 11.8. The molecule has 0 unspecified atom stereocenters. The van der Waals surface area contributed by atoms with Crippen LogP contribution in [-0.4, -0.2) is 31.6 Å². The molecule has 98 valence electrons. The van der Waals surface area contributed by atoms with Crippen molar-refractivity contribution in [1.29, 1.82) is 0 Å². The quantitative estimate of drug-likeness (QED) is 0.884. The predicted molar refractivity (Wildman–Crippen MR) is 72.1 cm³/mol. The number of anilines is 1. The van der Waals surface area contributed by atoms with Crippen LogP contribution in [0, 0.1) is 0 Å². The fraction of sp³-hybridized carbons (Fsp3) is 0.538. The van der Waals surface area contributed by atoms with E-state index in [-0.39, 0.29) is 0 Å². The first kappa shape index (κ1) is 12.0. The summed E-state index contributed by atoms with van der Waals surface area (Å²) in [7, 11) is -3.01. The van der Waals surface area contributed by atoms with Gasteiger partial charge < -0.3 is 5.32 Å². The number of aryl methyl sites for hydroxylation is 1. The van der Waals surface area contributed by atoms with Gasteiger partial charge in [-0.15, -0.1) is 0 Å². The third-order valence-electron chi connectivity index (χ3n) is 3.71. The Morgan fingerprint density at radius 1 is 1.28 bits per heavy atom. The molecule has 1 N–H and O–H groups in total. The van der Waals surface area contributed by atoms with Crippen LogP contribution < -0.4 is 5.32 Å². The Morgan fingerprint density at radius 2 is 2.17 bits per heavy atom. The van der Waals surface area contributed by atoms with Gasteiger partial charge in [0.1, 0.15) is 0 Å². The molecule has 1 saturated heterocycles. The van der Waals surface area contributed by atoms with Gasteiger partial charge in [-0.2, -0.15) is 4.31 Å². The molecule has 2 heterocycles. The van der Waals surface area contributed by atoms with Crippen LogP contribution >= 0.6 is 0 Å². The molecular formula is C13H18N2O2S. The van der Waals surface area contributed by atoms with Gasteiger partial charge in [-0.25, -0.2) is 8.42 Å². The van der Waals surface area contributed by atoms with Crippen LogP contribution in [0.5, 0.6) is 0 Å². The van der Waals surface area contributed by atoms with Crippen LogP contribution in [-0.2, 0) is 23.0 Å². The zero-order valence-corrected chi connectivity index (χ0v) is 11.2. The van der Waals surface area contributed by atoms with E-state index in [9.17, 15) is 8.42 Å². The molecule has 0 aromatic heterocycles. The van der Waals surface area contributed by atoms with E-state index >= 15 is 0 Å². The van der Waals surface area contributed by atoms with Gasteiger partial charge in [0, 0.05) is 25.3 Å². The highest BCUT2D eigenvalue weighted by atomic mass is 32.2.